The molecular weight excluding hydrogens is 408 g/mol. The van der Waals surface area contributed by atoms with Crippen LogP contribution >= 0.6 is 11.6 Å². The molecule has 1 aliphatic rings. The molecule has 4 rings (SSSR count). The second kappa shape index (κ2) is 10.3. The lowest BCUT2D eigenvalue weighted by molar-refractivity contribution is 0.0950. The molecule has 31 heavy (non-hydrogen) atoms. The molecule has 0 radical (unpaired) electrons. The zero-order chi connectivity index (χ0) is 21.6. The third-order valence-electron chi connectivity index (χ3n) is 6.30. The summed E-state index contributed by atoms with van der Waals surface area (Å²) in [5.74, 6) is -0.0299. The summed E-state index contributed by atoms with van der Waals surface area (Å²) >= 11 is 6.11. The zero-order valence-corrected chi connectivity index (χ0v) is 18.9. The van der Waals surface area contributed by atoms with E-state index in [1.54, 1.807) is 0 Å². The Bertz CT molecular complexity index is 1030. The molecule has 2 aromatic carbocycles. The topological polar surface area (TPSA) is 50.2 Å². The zero-order valence-electron chi connectivity index (χ0n) is 18.2. The Morgan fingerprint density at radius 3 is 2.84 bits per heavy atom. The van der Waals surface area contributed by atoms with Gasteiger partial charge in [-0.05, 0) is 62.7 Å². The predicted octanol–water partition coefficient (Wildman–Crippen LogP) is 5.12. The summed E-state index contributed by atoms with van der Waals surface area (Å²) < 4.78 is 1.91. The van der Waals surface area contributed by atoms with Crippen molar-refractivity contribution in [2.45, 2.75) is 51.1 Å². The van der Waals surface area contributed by atoms with E-state index in [-0.39, 0.29) is 5.91 Å². The number of amides is 1. The van der Waals surface area contributed by atoms with E-state index in [9.17, 15) is 4.79 Å². The SMILES string of the molecule is CN(CCCNC(=O)c1ccc2cnn(Cc3cccc(Cl)c3)c2c1)C1CCCCC1. The lowest BCUT2D eigenvalue weighted by Crippen LogP contribution is -2.35. The molecule has 0 unspecified atom stereocenters. The molecule has 1 N–H and O–H groups in total. The number of rotatable bonds is 8. The Morgan fingerprint density at radius 2 is 2.03 bits per heavy atom. The van der Waals surface area contributed by atoms with Crippen LogP contribution in [0, 0.1) is 0 Å². The molecular formula is C25H31ClN4O. The van der Waals surface area contributed by atoms with Gasteiger partial charge in [-0.3, -0.25) is 9.48 Å². The van der Waals surface area contributed by atoms with Crippen molar-refractivity contribution in [3.63, 3.8) is 0 Å². The second-order valence-corrected chi connectivity index (χ2v) is 9.02. The molecule has 0 aliphatic heterocycles. The molecule has 6 heteroatoms. The number of fused-ring (bicyclic) bond motifs is 1. The highest BCUT2D eigenvalue weighted by molar-refractivity contribution is 6.30. The number of nitrogens with one attached hydrogen (secondary N) is 1. The van der Waals surface area contributed by atoms with Crippen LogP contribution in [-0.2, 0) is 6.54 Å². The Kier molecular flexibility index (Phi) is 7.25. The molecule has 1 heterocycles. The number of nitrogens with zero attached hydrogens (tertiary/aromatic N) is 3. The summed E-state index contributed by atoms with van der Waals surface area (Å²) in [5, 5.41) is 9.31. The van der Waals surface area contributed by atoms with E-state index in [1.165, 1.54) is 32.1 Å². The van der Waals surface area contributed by atoms with E-state index in [0.717, 1.165) is 29.4 Å². The van der Waals surface area contributed by atoms with Gasteiger partial charge in [0.15, 0.2) is 0 Å². The summed E-state index contributed by atoms with van der Waals surface area (Å²) in [5.41, 5.74) is 2.69. The molecule has 3 aromatic rings. The first kappa shape index (κ1) is 21.8. The van der Waals surface area contributed by atoms with Gasteiger partial charge < -0.3 is 10.2 Å². The molecule has 1 aromatic heterocycles. The molecule has 1 saturated carbocycles. The number of benzene rings is 2. The highest BCUT2D eigenvalue weighted by atomic mass is 35.5. The molecule has 1 fully saturated rings. The maximum Gasteiger partial charge on any atom is 0.251 e. The number of aromatic nitrogens is 2. The minimum absolute atomic E-state index is 0.0299. The quantitative estimate of drug-likeness (QED) is 0.496. The number of carbonyl (C=O) groups is 1. The molecule has 0 spiro atoms. The van der Waals surface area contributed by atoms with Crippen LogP contribution in [0.25, 0.3) is 10.9 Å². The minimum atomic E-state index is -0.0299. The molecule has 1 aliphatic carbocycles. The van der Waals surface area contributed by atoms with Crippen LogP contribution in [0.15, 0.2) is 48.7 Å². The van der Waals surface area contributed by atoms with Crippen molar-refractivity contribution in [2.24, 2.45) is 0 Å². The smallest absolute Gasteiger partial charge is 0.251 e. The van der Waals surface area contributed by atoms with Crippen molar-refractivity contribution in [3.8, 4) is 0 Å². The van der Waals surface area contributed by atoms with Crippen molar-refractivity contribution in [3.05, 3.63) is 64.8 Å². The van der Waals surface area contributed by atoms with E-state index >= 15 is 0 Å². The first-order valence-electron chi connectivity index (χ1n) is 11.3. The van der Waals surface area contributed by atoms with Gasteiger partial charge >= 0.3 is 0 Å². The second-order valence-electron chi connectivity index (χ2n) is 8.59. The average molecular weight is 439 g/mol. The van der Waals surface area contributed by atoms with Gasteiger partial charge in [0, 0.05) is 28.6 Å². The van der Waals surface area contributed by atoms with Crippen LogP contribution in [-0.4, -0.2) is 46.8 Å². The van der Waals surface area contributed by atoms with Gasteiger partial charge in [0.25, 0.3) is 5.91 Å². The Labute approximate surface area is 189 Å². The van der Waals surface area contributed by atoms with Gasteiger partial charge in [0.05, 0.1) is 18.3 Å². The number of hydrogen-bond donors (Lipinski definition) is 1. The lowest BCUT2D eigenvalue weighted by Gasteiger charge is -2.31. The molecule has 164 valence electrons. The minimum Gasteiger partial charge on any atom is -0.352 e. The summed E-state index contributed by atoms with van der Waals surface area (Å²) in [7, 11) is 2.22. The molecule has 0 atom stereocenters. The van der Waals surface area contributed by atoms with Crippen molar-refractivity contribution < 1.29 is 4.79 Å². The van der Waals surface area contributed by atoms with Crippen LogP contribution in [0.3, 0.4) is 0 Å². The fourth-order valence-corrected chi connectivity index (χ4v) is 4.70. The van der Waals surface area contributed by atoms with E-state index < -0.39 is 0 Å². The summed E-state index contributed by atoms with van der Waals surface area (Å²) in [6.45, 7) is 2.33. The summed E-state index contributed by atoms with van der Waals surface area (Å²) in [6, 6.07) is 14.2. The van der Waals surface area contributed by atoms with Crippen LogP contribution < -0.4 is 5.32 Å². The number of halogens is 1. The Morgan fingerprint density at radius 1 is 1.19 bits per heavy atom. The maximum absolute atomic E-state index is 12.7. The first-order chi connectivity index (χ1) is 15.1. The van der Waals surface area contributed by atoms with E-state index in [0.29, 0.717) is 29.7 Å². The Hall–Kier alpha value is -2.37. The van der Waals surface area contributed by atoms with Crippen LogP contribution in [0.1, 0.15) is 54.4 Å². The van der Waals surface area contributed by atoms with Gasteiger partial charge in [0.1, 0.15) is 0 Å². The molecule has 1 amide bonds. The molecule has 0 saturated heterocycles. The van der Waals surface area contributed by atoms with E-state index in [4.69, 9.17) is 11.6 Å². The van der Waals surface area contributed by atoms with E-state index in [1.807, 2.05) is 53.3 Å². The summed E-state index contributed by atoms with van der Waals surface area (Å²) in [4.78, 5) is 15.2. The monoisotopic (exact) mass is 438 g/mol. The standard InChI is InChI=1S/C25H31ClN4O/c1-29(23-9-3-2-4-10-23)14-6-13-27-25(31)20-11-12-21-17-28-30(24(21)16-20)18-19-7-5-8-22(26)15-19/h5,7-8,11-12,15-17,23H,2-4,6,9-10,13-14,18H2,1H3,(H,27,31). The highest BCUT2D eigenvalue weighted by Crippen LogP contribution is 2.22. The van der Waals surface area contributed by atoms with Gasteiger partial charge in [-0.25, -0.2) is 0 Å². The van der Waals surface area contributed by atoms with Gasteiger partial charge in [-0.2, -0.15) is 5.10 Å². The van der Waals surface area contributed by atoms with Crippen molar-refractivity contribution in [2.75, 3.05) is 20.1 Å². The van der Waals surface area contributed by atoms with E-state index in [2.05, 4.69) is 22.4 Å². The fourth-order valence-electron chi connectivity index (χ4n) is 4.48. The summed E-state index contributed by atoms with van der Waals surface area (Å²) in [6.07, 6.45) is 9.50. The third-order valence-corrected chi connectivity index (χ3v) is 6.53. The third kappa shape index (κ3) is 5.66. The van der Waals surface area contributed by atoms with Gasteiger partial charge in [-0.1, -0.05) is 49.1 Å². The lowest BCUT2D eigenvalue weighted by atomic mass is 9.94. The normalized spacial score (nSPS) is 14.9. The highest BCUT2D eigenvalue weighted by Gasteiger charge is 2.17. The Balaban J connectivity index is 1.33. The van der Waals surface area contributed by atoms with Crippen molar-refractivity contribution in [1.82, 2.24) is 20.0 Å². The van der Waals surface area contributed by atoms with Gasteiger partial charge in [0.2, 0.25) is 0 Å². The molecule has 5 nitrogen and oxygen atoms in total. The van der Waals surface area contributed by atoms with Crippen LogP contribution in [0.2, 0.25) is 5.02 Å². The molecule has 0 bridgehead atoms. The van der Waals surface area contributed by atoms with Crippen molar-refractivity contribution in [1.29, 1.82) is 0 Å². The van der Waals surface area contributed by atoms with Crippen LogP contribution in [0.4, 0.5) is 0 Å². The maximum atomic E-state index is 12.7. The number of carbonyl (C=O) groups excluding carboxylic acids is 1. The largest absolute Gasteiger partial charge is 0.352 e. The van der Waals surface area contributed by atoms with Gasteiger partial charge in [-0.15, -0.1) is 0 Å². The number of hydrogen-bond acceptors (Lipinski definition) is 3. The van der Waals surface area contributed by atoms with Crippen molar-refractivity contribution >= 4 is 28.4 Å². The predicted molar refractivity (Wildman–Crippen MR) is 127 cm³/mol. The average Bonchev–Trinajstić information content (AvgIpc) is 3.19. The first-order valence-corrected chi connectivity index (χ1v) is 11.7. The fraction of sp³-hybridized carbons (Fsp3) is 0.440. The van der Waals surface area contributed by atoms with Crippen LogP contribution in [0.5, 0.6) is 0 Å².